The Balaban J connectivity index is 2.04. The number of aromatic nitrogens is 1. The number of nitrogens with two attached hydrogens (primary N) is 1. The van der Waals surface area contributed by atoms with E-state index in [1.165, 1.54) is 103 Å². The zero-order valence-electron chi connectivity index (χ0n) is 31.7. The summed E-state index contributed by atoms with van der Waals surface area (Å²) in [5, 5.41) is 0. The lowest BCUT2D eigenvalue weighted by Gasteiger charge is -2.23. The summed E-state index contributed by atoms with van der Waals surface area (Å²) in [7, 11) is 0. The van der Waals surface area contributed by atoms with Gasteiger partial charge in [-0.2, -0.15) is 4.57 Å². The van der Waals surface area contributed by atoms with Gasteiger partial charge >= 0.3 is 5.97 Å². The van der Waals surface area contributed by atoms with Crippen LogP contribution in [-0.4, -0.2) is 50.0 Å². The summed E-state index contributed by atoms with van der Waals surface area (Å²) < 4.78 is 27.4. The maximum absolute atomic E-state index is 12.8. The number of esters is 1. The van der Waals surface area contributed by atoms with Crippen LogP contribution in [0.2, 0.25) is 0 Å². The molecule has 0 radical (unpaired) electrons. The van der Waals surface area contributed by atoms with E-state index < -0.39 is 30.4 Å². The zero-order valence-corrected chi connectivity index (χ0v) is 31.7. The van der Waals surface area contributed by atoms with Crippen LogP contribution in [0.15, 0.2) is 24.5 Å². The standard InChI is InChI=1S/C41H72N2O6/c1-4-7-10-13-16-19-22-25-31-46-38-36(34-48-37(44)29-24-21-18-15-12-9-6-3)49-41(43-30-27-28-35(33-43)40(42)45)39(38)47-32-26-23-20-17-14-11-8-5-2/h27-28,30,33,36,38-39,41H,4-26,29,31-32,34H2,1-3H3,(H-,42,45)/p+1/t36-,38+,39-,41-/m1/s1. The second kappa shape index (κ2) is 28.6. The highest BCUT2D eigenvalue weighted by molar-refractivity contribution is 5.92. The minimum absolute atomic E-state index is 0.113. The van der Waals surface area contributed by atoms with Crippen LogP contribution >= 0.6 is 0 Å². The van der Waals surface area contributed by atoms with E-state index in [0.717, 1.165) is 44.9 Å². The van der Waals surface area contributed by atoms with Gasteiger partial charge in [0.15, 0.2) is 18.5 Å². The third kappa shape index (κ3) is 19.2. The fraction of sp³-hybridized carbons (Fsp3) is 0.829. The molecule has 2 heterocycles. The van der Waals surface area contributed by atoms with Crippen LogP contribution in [0.3, 0.4) is 0 Å². The molecule has 0 aliphatic carbocycles. The van der Waals surface area contributed by atoms with Gasteiger partial charge in [0.2, 0.25) is 0 Å². The fourth-order valence-electron chi connectivity index (χ4n) is 6.64. The molecule has 1 aromatic rings. The Morgan fingerprint density at radius 3 is 1.65 bits per heavy atom. The average Bonchev–Trinajstić information content (AvgIpc) is 3.45. The molecule has 0 saturated carbocycles. The summed E-state index contributed by atoms with van der Waals surface area (Å²) in [6, 6.07) is 3.49. The zero-order chi connectivity index (χ0) is 35.4. The largest absolute Gasteiger partial charge is 0.463 e. The van der Waals surface area contributed by atoms with Crippen LogP contribution < -0.4 is 10.3 Å². The van der Waals surface area contributed by atoms with Gasteiger partial charge < -0.3 is 24.7 Å². The Morgan fingerprint density at radius 2 is 1.14 bits per heavy atom. The Morgan fingerprint density at radius 1 is 0.673 bits per heavy atom. The van der Waals surface area contributed by atoms with Crippen LogP contribution in [0, 0.1) is 0 Å². The van der Waals surface area contributed by atoms with Crippen molar-refractivity contribution in [1.29, 1.82) is 0 Å². The molecule has 8 nitrogen and oxygen atoms in total. The average molecular weight is 690 g/mol. The van der Waals surface area contributed by atoms with Crippen molar-refractivity contribution in [3.8, 4) is 0 Å². The highest BCUT2D eigenvalue weighted by atomic mass is 16.6. The summed E-state index contributed by atoms with van der Waals surface area (Å²) in [5.74, 6) is -0.690. The van der Waals surface area contributed by atoms with Gasteiger partial charge in [0.25, 0.3) is 12.1 Å². The van der Waals surface area contributed by atoms with Crippen molar-refractivity contribution >= 4 is 11.9 Å². The highest BCUT2D eigenvalue weighted by Crippen LogP contribution is 2.32. The lowest BCUT2D eigenvalue weighted by Crippen LogP contribution is -2.48. The number of ether oxygens (including phenoxy) is 4. The molecule has 1 amide bonds. The molecule has 4 atom stereocenters. The van der Waals surface area contributed by atoms with Gasteiger partial charge in [-0.3, -0.25) is 9.59 Å². The summed E-state index contributed by atoms with van der Waals surface area (Å²) >= 11 is 0. The molecule has 1 aromatic heterocycles. The number of amides is 1. The first kappa shape index (κ1) is 43.1. The van der Waals surface area contributed by atoms with Crippen molar-refractivity contribution in [3.05, 3.63) is 30.1 Å². The molecule has 0 bridgehead atoms. The molecule has 1 saturated heterocycles. The Hall–Kier alpha value is -2.03. The van der Waals surface area contributed by atoms with E-state index in [2.05, 4.69) is 20.8 Å². The van der Waals surface area contributed by atoms with Crippen molar-refractivity contribution in [2.75, 3.05) is 19.8 Å². The van der Waals surface area contributed by atoms with Gasteiger partial charge in [0.1, 0.15) is 24.4 Å². The van der Waals surface area contributed by atoms with E-state index in [4.69, 9.17) is 24.7 Å². The number of pyridine rings is 1. The third-order valence-corrected chi connectivity index (χ3v) is 9.70. The smallest absolute Gasteiger partial charge is 0.305 e. The van der Waals surface area contributed by atoms with Gasteiger partial charge in [-0.25, -0.2) is 0 Å². The Kier molecular flexibility index (Phi) is 25.2. The maximum Gasteiger partial charge on any atom is 0.305 e. The van der Waals surface area contributed by atoms with E-state index in [0.29, 0.717) is 25.2 Å². The van der Waals surface area contributed by atoms with E-state index in [-0.39, 0.29) is 12.6 Å². The predicted octanol–water partition coefficient (Wildman–Crippen LogP) is 9.71. The first-order valence-corrected chi connectivity index (χ1v) is 20.4. The number of hydrogen-bond donors (Lipinski definition) is 1. The van der Waals surface area contributed by atoms with E-state index in [1.54, 1.807) is 18.3 Å². The molecule has 8 heteroatoms. The number of carbonyl (C=O) groups excluding carboxylic acids is 2. The maximum atomic E-state index is 12.8. The van der Waals surface area contributed by atoms with Gasteiger partial charge in [-0.15, -0.1) is 0 Å². The predicted molar refractivity (Wildman–Crippen MR) is 197 cm³/mol. The Labute approximate surface area is 299 Å². The van der Waals surface area contributed by atoms with Gasteiger partial charge in [-0.1, -0.05) is 149 Å². The van der Waals surface area contributed by atoms with Crippen molar-refractivity contribution in [3.63, 3.8) is 0 Å². The molecule has 0 unspecified atom stereocenters. The molecule has 1 aliphatic rings. The number of hydrogen-bond acceptors (Lipinski definition) is 6. The monoisotopic (exact) mass is 690 g/mol. The van der Waals surface area contributed by atoms with E-state index >= 15 is 0 Å². The van der Waals surface area contributed by atoms with E-state index in [9.17, 15) is 9.59 Å². The minimum atomic E-state index is -0.538. The SMILES string of the molecule is CCCCCCCCCCO[C@@H]1[C@@H](OCCCCCCCCCC)[C@@H](COC(=O)CCCCCCCCC)O[C@H]1[n+]1cccc(C(N)=O)c1. The molecule has 282 valence electrons. The van der Waals surface area contributed by atoms with Crippen LogP contribution in [0.5, 0.6) is 0 Å². The second-order valence-electron chi connectivity index (χ2n) is 14.1. The number of nitrogens with zero attached hydrogens (tertiary/aromatic N) is 1. The van der Waals surface area contributed by atoms with Crippen molar-refractivity contribution < 1.29 is 33.1 Å². The number of rotatable bonds is 32. The topological polar surface area (TPSA) is 101 Å². The molecule has 2 N–H and O–H groups in total. The van der Waals surface area contributed by atoms with E-state index in [1.807, 2.05) is 10.8 Å². The van der Waals surface area contributed by atoms with Gasteiger partial charge in [0, 0.05) is 25.7 Å². The number of carbonyl (C=O) groups is 2. The molecule has 2 rings (SSSR count). The molecular weight excluding hydrogens is 616 g/mol. The van der Waals surface area contributed by atoms with Gasteiger partial charge in [-0.05, 0) is 25.3 Å². The second-order valence-corrected chi connectivity index (χ2v) is 14.1. The third-order valence-electron chi connectivity index (χ3n) is 9.70. The van der Waals surface area contributed by atoms with Gasteiger partial charge in [0.05, 0.1) is 0 Å². The Bertz CT molecular complexity index is 975. The van der Waals surface area contributed by atoms with Crippen LogP contribution in [0.25, 0.3) is 0 Å². The fourth-order valence-corrected chi connectivity index (χ4v) is 6.64. The molecule has 0 aromatic carbocycles. The molecule has 1 fully saturated rings. The highest BCUT2D eigenvalue weighted by Gasteiger charge is 2.52. The summed E-state index contributed by atoms with van der Waals surface area (Å²) in [6.45, 7) is 8.03. The van der Waals surface area contributed by atoms with Crippen LogP contribution in [0.4, 0.5) is 0 Å². The first-order valence-electron chi connectivity index (χ1n) is 20.4. The summed E-state index contributed by atoms with van der Waals surface area (Å²) in [5.41, 5.74) is 6.03. The number of primary amides is 1. The van der Waals surface area contributed by atoms with Crippen LogP contribution in [0.1, 0.15) is 191 Å². The molecule has 0 spiro atoms. The quantitative estimate of drug-likeness (QED) is 0.0459. The van der Waals surface area contributed by atoms with Crippen molar-refractivity contribution in [2.24, 2.45) is 5.73 Å². The van der Waals surface area contributed by atoms with Crippen molar-refractivity contribution in [2.45, 2.75) is 199 Å². The molecule has 49 heavy (non-hydrogen) atoms. The van der Waals surface area contributed by atoms with Crippen molar-refractivity contribution in [1.82, 2.24) is 0 Å². The molecule has 1 aliphatic heterocycles. The first-order chi connectivity index (χ1) is 24.0. The van der Waals surface area contributed by atoms with Crippen LogP contribution in [-0.2, 0) is 23.7 Å². The minimum Gasteiger partial charge on any atom is -0.463 e. The summed E-state index contributed by atoms with van der Waals surface area (Å²) in [6.07, 6.45) is 29.8. The lowest BCUT2D eigenvalue weighted by atomic mass is 10.1. The molecular formula is C41H73N2O6+. The summed E-state index contributed by atoms with van der Waals surface area (Å²) in [4.78, 5) is 24.8. The normalized spacial score (nSPS) is 19.0. The lowest BCUT2D eigenvalue weighted by molar-refractivity contribution is -0.766. The number of unbranched alkanes of at least 4 members (excludes halogenated alkanes) is 20.